The molecule has 0 amide bonds. The van der Waals surface area contributed by atoms with Crippen LogP contribution in [0.4, 0.5) is 5.69 Å². The molecule has 1 aromatic rings. The van der Waals surface area contributed by atoms with Crippen LogP contribution in [-0.4, -0.2) is 16.6 Å². The standard InChI is InChI=1S/C8H9ClN2O3/c9-5-1-2-7(11(13)14)6(3-5)8(12)4-10/h1-3,8,12H,4,10H2. The summed E-state index contributed by atoms with van der Waals surface area (Å²) in [6.45, 7) is -0.0822. The molecule has 1 unspecified atom stereocenters. The van der Waals surface area contributed by atoms with Gasteiger partial charge in [-0.3, -0.25) is 10.1 Å². The molecule has 6 heteroatoms. The fraction of sp³-hybridized carbons (Fsp3) is 0.250. The normalized spacial score (nSPS) is 12.5. The highest BCUT2D eigenvalue weighted by Crippen LogP contribution is 2.27. The van der Waals surface area contributed by atoms with Crippen molar-refractivity contribution in [2.24, 2.45) is 5.73 Å². The number of aliphatic hydroxyl groups is 1. The first-order valence-electron chi connectivity index (χ1n) is 3.88. The molecule has 0 aliphatic carbocycles. The summed E-state index contributed by atoms with van der Waals surface area (Å²) >= 11 is 5.65. The second-order valence-electron chi connectivity index (χ2n) is 2.71. The van der Waals surface area contributed by atoms with E-state index < -0.39 is 11.0 Å². The molecule has 3 N–H and O–H groups in total. The van der Waals surface area contributed by atoms with Gasteiger partial charge in [0.1, 0.15) is 0 Å². The maximum Gasteiger partial charge on any atom is 0.275 e. The molecule has 1 rings (SSSR count). The van der Waals surface area contributed by atoms with Crippen LogP contribution in [0, 0.1) is 10.1 Å². The van der Waals surface area contributed by atoms with Crippen molar-refractivity contribution < 1.29 is 10.0 Å². The summed E-state index contributed by atoms with van der Waals surface area (Å²) in [5.41, 5.74) is 5.18. The lowest BCUT2D eigenvalue weighted by Crippen LogP contribution is -2.13. The van der Waals surface area contributed by atoms with Crippen molar-refractivity contribution in [1.82, 2.24) is 0 Å². The van der Waals surface area contributed by atoms with Crippen molar-refractivity contribution >= 4 is 17.3 Å². The molecule has 0 aliphatic heterocycles. The molecular weight excluding hydrogens is 208 g/mol. The van der Waals surface area contributed by atoms with Gasteiger partial charge in [0.25, 0.3) is 5.69 Å². The number of nitro groups is 1. The van der Waals surface area contributed by atoms with Gasteiger partial charge < -0.3 is 10.8 Å². The Labute approximate surface area is 85.3 Å². The Kier molecular flexibility index (Phi) is 3.40. The third-order valence-corrected chi connectivity index (χ3v) is 2.00. The van der Waals surface area contributed by atoms with E-state index in [4.69, 9.17) is 17.3 Å². The van der Waals surface area contributed by atoms with Crippen LogP contribution in [-0.2, 0) is 0 Å². The largest absolute Gasteiger partial charge is 0.387 e. The summed E-state index contributed by atoms with van der Waals surface area (Å²) in [5, 5.41) is 20.3. The highest BCUT2D eigenvalue weighted by molar-refractivity contribution is 6.30. The number of benzene rings is 1. The molecule has 1 aromatic carbocycles. The molecule has 1 atom stereocenters. The van der Waals surface area contributed by atoms with E-state index in [1.807, 2.05) is 0 Å². The number of nitrogens with two attached hydrogens (primary N) is 1. The molecule has 0 radical (unpaired) electrons. The Morgan fingerprint density at radius 1 is 1.64 bits per heavy atom. The van der Waals surface area contributed by atoms with Gasteiger partial charge in [0, 0.05) is 17.6 Å². The smallest absolute Gasteiger partial charge is 0.275 e. The van der Waals surface area contributed by atoms with E-state index in [9.17, 15) is 15.2 Å². The van der Waals surface area contributed by atoms with Crippen LogP contribution in [0.25, 0.3) is 0 Å². The van der Waals surface area contributed by atoms with Crippen molar-refractivity contribution in [1.29, 1.82) is 0 Å². The average molecular weight is 217 g/mol. The van der Waals surface area contributed by atoms with E-state index in [-0.39, 0.29) is 17.8 Å². The van der Waals surface area contributed by atoms with Crippen LogP contribution >= 0.6 is 11.6 Å². The van der Waals surface area contributed by atoms with Gasteiger partial charge in [-0.05, 0) is 12.1 Å². The fourth-order valence-electron chi connectivity index (χ4n) is 1.09. The maximum atomic E-state index is 10.6. The number of halogens is 1. The summed E-state index contributed by atoms with van der Waals surface area (Å²) in [6, 6.07) is 3.99. The zero-order valence-corrected chi connectivity index (χ0v) is 7.94. The Morgan fingerprint density at radius 2 is 2.29 bits per heavy atom. The molecule has 0 bridgehead atoms. The Hall–Kier alpha value is -1.17. The van der Waals surface area contributed by atoms with E-state index in [0.717, 1.165) is 0 Å². The van der Waals surface area contributed by atoms with Gasteiger partial charge in [-0.2, -0.15) is 0 Å². The first-order valence-corrected chi connectivity index (χ1v) is 4.26. The maximum absolute atomic E-state index is 10.6. The molecule has 0 heterocycles. The minimum absolute atomic E-state index is 0.0822. The summed E-state index contributed by atoms with van der Waals surface area (Å²) in [4.78, 5) is 9.99. The van der Waals surface area contributed by atoms with Crippen LogP contribution in [0.2, 0.25) is 5.02 Å². The van der Waals surface area contributed by atoms with Crippen LogP contribution in [0.15, 0.2) is 18.2 Å². The summed E-state index contributed by atoms with van der Waals surface area (Å²) in [6.07, 6.45) is -1.06. The van der Waals surface area contributed by atoms with Gasteiger partial charge in [0.05, 0.1) is 16.6 Å². The molecule has 0 aliphatic rings. The van der Waals surface area contributed by atoms with Gasteiger partial charge in [-0.1, -0.05) is 11.6 Å². The predicted molar refractivity (Wildman–Crippen MR) is 52.1 cm³/mol. The number of hydrogen-bond acceptors (Lipinski definition) is 4. The SMILES string of the molecule is NCC(O)c1cc(Cl)ccc1[N+](=O)[O-]. The highest BCUT2D eigenvalue weighted by Gasteiger charge is 2.19. The second kappa shape index (κ2) is 4.36. The van der Waals surface area contributed by atoms with Crippen LogP contribution < -0.4 is 5.73 Å². The van der Waals surface area contributed by atoms with Crippen molar-refractivity contribution in [3.63, 3.8) is 0 Å². The summed E-state index contributed by atoms with van der Waals surface area (Å²) in [7, 11) is 0. The zero-order valence-electron chi connectivity index (χ0n) is 7.18. The minimum atomic E-state index is -1.06. The van der Waals surface area contributed by atoms with E-state index in [1.165, 1.54) is 18.2 Å². The summed E-state index contributed by atoms with van der Waals surface area (Å²) in [5.74, 6) is 0. The molecule has 0 saturated heterocycles. The van der Waals surface area contributed by atoms with Crippen LogP contribution in [0.3, 0.4) is 0 Å². The Balaban J connectivity index is 3.22. The fourth-order valence-corrected chi connectivity index (χ4v) is 1.27. The van der Waals surface area contributed by atoms with Gasteiger partial charge >= 0.3 is 0 Å². The number of nitrogens with zero attached hydrogens (tertiary/aromatic N) is 1. The van der Waals surface area contributed by atoms with Crippen molar-refractivity contribution in [3.8, 4) is 0 Å². The van der Waals surface area contributed by atoms with E-state index >= 15 is 0 Å². The summed E-state index contributed by atoms with van der Waals surface area (Å²) < 4.78 is 0. The van der Waals surface area contributed by atoms with E-state index in [0.29, 0.717) is 5.02 Å². The first-order chi connectivity index (χ1) is 6.56. The van der Waals surface area contributed by atoms with E-state index in [1.54, 1.807) is 0 Å². The molecule has 5 nitrogen and oxygen atoms in total. The quantitative estimate of drug-likeness (QED) is 0.588. The molecule has 0 aromatic heterocycles. The van der Waals surface area contributed by atoms with Crippen LogP contribution in [0.1, 0.15) is 11.7 Å². The van der Waals surface area contributed by atoms with Crippen molar-refractivity contribution in [2.45, 2.75) is 6.10 Å². The number of hydrogen-bond donors (Lipinski definition) is 2. The number of aliphatic hydroxyl groups excluding tert-OH is 1. The third kappa shape index (κ3) is 2.20. The topological polar surface area (TPSA) is 89.4 Å². The predicted octanol–water partition coefficient (Wildman–Crippen LogP) is 1.24. The van der Waals surface area contributed by atoms with Gasteiger partial charge in [-0.25, -0.2) is 0 Å². The Bertz CT molecular complexity index is 356. The molecule has 14 heavy (non-hydrogen) atoms. The Morgan fingerprint density at radius 3 is 2.79 bits per heavy atom. The lowest BCUT2D eigenvalue weighted by Gasteiger charge is -2.08. The van der Waals surface area contributed by atoms with Crippen LogP contribution in [0.5, 0.6) is 0 Å². The lowest BCUT2D eigenvalue weighted by atomic mass is 10.1. The number of rotatable bonds is 3. The molecule has 76 valence electrons. The van der Waals surface area contributed by atoms with Gasteiger partial charge in [0.2, 0.25) is 0 Å². The highest BCUT2D eigenvalue weighted by atomic mass is 35.5. The monoisotopic (exact) mass is 216 g/mol. The molecule has 0 saturated carbocycles. The molecule has 0 fully saturated rings. The zero-order chi connectivity index (χ0) is 10.7. The minimum Gasteiger partial charge on any atom is -0.387 e. The van der Waals surface area contributed by atoms with E-state index in [2.05, 4.69) is 0 Å². The van der Waals surface area contributed by atoms with Gasteiger partial charge in [0.15, 0.2) is 0 Å². The van der Waals surface area contributed by atoms with Crippen molar-refractivity contribution in [2.75, 3.05) is 6.54 Å². The van der Waals surface area contributed by atoms with Gasteiger partial charge in [-0.15, -0.1) is 0 Å². The second-order valence-corrected chi connectivity index (χ2v) is 3.15. The molecule has 0 spiro atoms. The first kappa shape index (κ1) is 10.9. The lowest BCUT2D eigenvalue weighted by molar-refractivity contribution is -0.386. The average Bonchev–Trinajstić information content (AvgIpc) is 2.16. The molecular formula is C8H9ClN2O3. The third-order valence-electron chi connectivity index (χ3n) is 1.77. The number of nitro benzene ring substituents is 1. The van der Waals surface area contributed by atoms with Crippen molar-refractivity contribution in [3.05, 3.63) is 38.9 Å².